The number of hydrogen-bond donors (Lipinski definition) is 1. The molecule has 1 aromatic rings. The molecule has 1 rings (SSSR count). The van der Waals surface area contributed by atoms with Crippen LogP contribution in [-0.4, -0.2) is 5.16 Å². The molecular weight excluding hydrogens is 255 g/mol. The van der Waals surface area contributed by atoms with E-state index in [1.54, 1.807) is 0 Å². The van der Waals surface area contributed by atoms with Gasteiger partial charge in [-0.25, -0.2) is 0 Å². The molecule has 2 N–H and O–H groups in total. The average Bonchev–Trinajstić information content (AvgIpc) is 2.31. The maximum absolute atomic E-state index is 5.50. The van der Waals surface area contributed by atoms with Crippen molar-refractivity contribution in [3.63, 3.8) is 0 Å². The van der Waals surface area contributed by atoms with Crippen LogP contribution in [0.3, 0.4) is 0 Å². The predicted octanol–water partition coefficient (Wildman–Crippen LogP) is 2.20. The lowest BCUT2D eigenvalue weighted by molar-refractivity contribution is 0.381. The highest BCUT2D eigenvalue weighted by Gasteiger charge is 2.08. The molecule has 62 valence electrons. The van der Waals surface area contributed by atoms with E-state index in [1.807, 2.05) is 0 Å². The summed E-state index contributed by atoms with van der Waals surface area (Å²) in [6.45, 7) is 2.15. The first-order chi connectivity index (χ1) is 5.25. The van der Waals surface area contributed by atoms with Crippen molar-refractivity contribution in [2.45, 2.75) is 26.2 Å². The van der Waals surface area contributed by atoms with Gasteiger partial charge in [-0.15, -0.1) is 0 Å². The summed E-state index contributed by atoms with van der Waals surface area (Å²) >= 11 is 2.16. The van der Waals surface area contributed by atoms with E-state index >= 15 is 0 Å². The fraction of sp³-hybridized carbons (Fsp3) is 0.571. The molecule has 0 spiro atoms. The molecule has 0 amide bonds. The van der Waals surface area contributed by atoms with Crippen molar-refractivity contribution < 1.29 is 4.52 Å². The van der Waals surface area contributed by atoms with Gasteiger partial charge in [-0.3, -0.25) is 0 Å². The highest BCUT2D eigenvalue weighted by molar-refractivity contribution is 14.1. The predicted molar refractivity (Wildman–Crippen MR) is 52.2 cm³/mol. The SMILES string of the molecule is CCCCc1onc(N)c1I. The van der Waals surface area contributed by atoms with Gasteiger partial charge in [0.25, 0.3) is 0 Å². The fourth-order valence-electron chi connectivity index (χ4n) is 0.820. The van der Waals surface area contributed by atoms with Crippen LogP contribution >= 0.6 is 22.6 Å². The number of anilines is 1. The Hall–Kier alpha value is -0.260. The quantitative estimate of drug-likeness (QED) is 0.853. The number of nitrogens with zero attached hydrogens (tertiary/aromatic N) is 1. The molecule has 11 heavy (non-hydrogen) atoms. The lowest BCUT2D eigenvalue weighted by Gasteiger charge is -1.91. The van der Waals surface area contributed by atoms with Gasteiger partial charge in [0.05, 0.1) is 3.57 Å². The molecule has 1 heterocycles. The number of nitrogens with two attached hydrogens (primary N) is 1. The van der Waals surface area contributed by atoms with Crippen molar-refractivity contribution in [3.05, 3.63) is 9.33 Å². The van der Waals surface area contributed by atoms with Crippen molar-refractivity contribution in [3.8, 4) is 0 Å². The van der Waals surface area contributed by atoms with Crippen LogP contribution in [0.2, 0.25) is 0 Å². The van der Waals surface area contributed by atoms with Crippen LogP contribution in [0.5, 0.6) is 0 Å². The van der Waals surface area contributed by atoms with Crippen molar-refractivity contribution in [1.82, 2.24) is 5.16 Å². The van der Waals surface area contributed by atoms with Gasteiger partial charge in [0.2, 0.25) is 0 Å². The molecule has 0 saturated carbocycles. The zero-order valence-corrected chi connectivity index (χ0v) is 8.59. The van der Waals surface area contributed by atoms with Crippen molar-refractivity contribution >= 4 is 28.4 Å². The Labute approximate surface area is 79.5 Å². The van der Waals surface area contributed by atoms with Crippen molar-refractivity contribution in [2.24, 2.45) is 0 Å². The Balaban J connectivity index is 2.63. The standard InChI is InChI=1S/C7H11IN2O/c1-2-3-4-5-6(8)7(9)10-11-5/h2-4H2,1H3,(H2,9,10). The number of aryl methyl sites for hydroxylation is 1. The van der Waals surface area contributed by atoms with E-state index < -0.39 is 0 Å². The van der Waals surface area contributed by atoms with Gasteiger partial charge in [0.15, 0.2) is 11.6 Å². The van der Waals surface area contributed by atoms with E-state index in [2.05, 4.69) is 34.7 Å². The molecule has 0 radical (unpaired) electrons. The Morgan fingerprint density at radius 2 is 2.36 bits per heavy atom. The second-order valence-electron chi connectivity index (χ2n) is 2.41. The molecule has 0 fully saturated rings. The third-order valence-corrected chi connectivity index (χ3v) is 2.64. The zero-order chi connectivity index (χ0) is 8.27. The summed E-state index contributed by atoms with van der Waals surface area (Å²) < 4.78 is 5.98. The van der Waals surface area contributed by atoms with Gasteiger partial charge in [0, 0.05) is 6.42 Å². The van der Waals surface area contributed by atoms with Crippen LogP contribution in [0.4, 0.5) is 5.82 Å². The number of hydrogen-bond acceptors (Lipinski definition) is 3. The zero-order valence-electron chi connectivity index (χ0n) is 6.43. The summed E-state index contributed by atoms with van der Waals surface area (Å²) in [4.78, 5) is 0. The number of rotatable bonds is 3. The van der Waals surface area contributed by atoms with Gasteiger partial charge >= 0.3 is 0 Å². The number of halogens is 1. The third kappa shape index (κ3) is 2.08. The minimum absolute atomic E-state index is 0.511. The second-order valence-corrected chi connectivity index (χ2v) is 3.49. The van der Waals surface area contributed by atoms with E-state index in [0.29, 0.717) is 5.82 Å². The Bertz CT molecular complexity index is 234. The molecule has 0 saturated heterocycles. The lowest BCUT2D eigenvalue weighted by Crippen LogP contribution is -1.88. The molecule has 1 aromatic heterocycles. The van der Waals surface area contributed by atoms with Crippen LogP contribution in [-0.2, 0) is 6.42 Å². The maximum Gasteiger partial charge on any atom is 0.180 e. The molecule has 0 aliphatic heterocycles. The summed E-state index contributed by atoms with van der Waals surface area (Å²) in [6, 6.07) is 0. The summed E-state index contributed by atoms with van der Waals surface area (Å²) in [5, 5.41) is 3.66. The highest BCUT2D eigenvalue weighted by atomic mass is 127. The third-order valence-electron chi connectivity index (χ3n) is 1.48. The van der Waals surface area contributed by atoms with Gasteiger partial charge in [-0.1, -0.05) is 18.5 Å². The highest BCUT2D eigenvalue weighted by Crippen LogP contribution is 2.19. The Morgan fingerprint density at radius 3 is 2.82 bits per heavy atom. The molecule has 4 heteroatoms. The van der Waals surface area contributed by atoms with Gasteiger partial charge in [-0.2, -0.15) is 0 Å². The van der Waals surface area contributed by atoms with Crippen LogP contribution in [0.1, 0.15) is 25.5 Å². The number of nitrogen functional groups attached to an aromatic ring is 1. The van der Waals surface area contributed by atoms with Gasteiger partial charge < -0.3 is 10.3 Å². The first-order valence-electron chi connectivity index (χ1n) is 3.65. The monoisotopic (exact) mass is 266 g/mol. The van der Waals surface area contributed by atoms with E-state index in [0.717, 1.165) is 28.6 Å². The Kier molecular flexibility index (Phi) is 3.16. The van der Waals surface area contributed by atoms with Crippen LogP contribution < -0.4 is 5.73 Å². The van der Waals surface area contributed by atoms with Gasteiger partial charge in [0.1, 0.15) is 0 Å². The minimum Gasteiger partial charge on any atom is -0.380 e. The smallest absolute Gasteiger partial charge is 0.180 e. The van der Waals surface area contributed by atoms with E-state index in [1.165, 1.54) is 0 Å². The molecule has 0 aromatic carbocycles. The molecule has 3 nitrogen and oxygen atoms in total. The summed E-state index contributed by atoms with van der Waals surface area (Å²) in [7, 11) is 0. The average molecular weight is 266 g/mol. The molecule has 0 aliphatic carbocycles. The Morgan fingerprint density at radius 1 is 1.64 bits per heavy atom. The lowest BCUT2D eigenvalue weighted by atomic mass is 10.2. The molecule has 0 unspecified atom stereocenters. The van der Waals surface area contributed by atoms with Crippen LogP contribution in [0.15, 0.2) is 4.52 Å². The fourth-order valence-corrected chi connectivity index (χ4v) is 1.29. The second kappa shape index (κ2) is 3.94. The van der Waals surface area contributed by atoms with E-state index in [4.69, 9.17) is 10.3 Å². The largest absolute Gasteiger partial charge is 0.380 e. The normalized spacial score (nSPS) is 10.4. The minimum atomic E-state index is 0.511. The van der Waals surface area contributed by atoms with Crippen LogP contribution in [0, 0.1) is 3.57 Å². The number of unbranched alkanes of at least 4 members (excludes halogenated alkanes) is 1. The maximum atomic E-state index is 5.50. The first-order valence-corrected chi connectivity index (χ1v) is 4.73. The number of aromatic nitrogens is 1. The summed E-state index contributed by atoms with van der Waals surface area (Å²) in [5.74, 6) is 1.43. The van der Waals surface area contributed by atoms with E-state index in [9.17, 15) is 0 Å². The molecule has 0 atom stereocenters. The molecular formula is C7H11IN2O. The summed E-state index contributed by atoms with van der Waals surface area (Å²) in [5.41, 5.74) is 5.50. The van der Waals surface area contributed by atoms with Crippen LogP contribution in [0.25, 0.3) is 0 Å². The van der Waals surface area contributed by atoms with E-state index in [-0.39, 0.29) is 0 Å². The first kappa shape index (κ1) is 8.83. The van der Waals surface area contributed by atoms with Crippen molar-refractivity contribution in [1.29, 1.82) is 0 Å². The van der Waals surface area contributed by atoms with Crippen molar-refractivity contribution in [2.75, 3.05) is 5.73 Å². The molecule has 0 aliphatic rings. The topological polar surface area (TPSA) is 52.0 Å². The van der Waals surface area contributed by atoms with Gasteiger partial charge in [-0.05, 0) is 29.0 Å². The summed E-state index contributed by atoms with van der Waals surface area (Å²) in [6.07, 6.45) is 3.24. The molecule has 0 bridgehead atoms.